The van der Waals surface area contributed by atoms with Gasteiger partial charge in [0.1, 0.15) is 5.76 Å². The number of amides is 1. The molecule has 0 aliphatic heterocycles. The van der Waals surface area contributed by atoms with Gasteiger partial charge in [-0.3, -0.25) is 0 Å². The fourth-order valence-corrected chi connectivity index (χ4v) is 2.65. The molecule has 0 saturated heterocycles. The van der Waals surface area contributed by atoms with Crippen molar-refractivity contribution in [3.8, 4) is 0 Å². The highest BCUT2D eigenvalue weighted by Crippen LogP contribution is 2.23. The summed E-state index contributed by atoms with van der Waals surface area (Å²) in [5, 5.41) is 2.97. The molecule has 0 bridgehead atoms. The molecule has 0 radical (unpaired) electrons. The van der Waals surface area contributed by atoms with E-state index in [0.717, 1.165) is 36.1 Å². The van der Waals surface area contributed by atoms with E-state index in [1.165, 1.54) is 0 Å². The molecule has 3 rings (SSSR count). The molecule has 1 aliphatic carbocycles. The van der Waals surface area contributed by atoms with Gasteiger partial charge in [0, 0.05) is 6.42 Å². The van der Waals surface area contributed by atoms with E-state index < -0.39 is 6.09 Å². The van der Waals surface area contributed by atoms with Gasteiger partial charge in [0.15, 0.2) is 0 Å². The molecule has 0 unspecified atom stereocenters. The van der Waals surface area contributed by atoms with Gasteiger partial charge < -0.3 is 10.1 Å². The van der Waals surface area contributed by atoms with E-state index in [2.05, 4.69) is 5.32 Å². The van der Waals surface area contributed by atoms with E-state index in [-0.39, 0.29) is 6.04 Å². The Morgan fingerprint density at radius 2 is 1.55 bits per heavy atom. The maximum absolute atomic E-state index is 12.2. The highest BCUT2D eigenvalue weighted by atomic mass is 16.6. The molecule has 22 heavy (non-hydrogen) atoms. The Balaban J connectivity index is 1.78. The van der Waals surface area contributed by atoms with Crippen LogP contribution in [-0.2, 0) is 4.74 Å². The largest absolute Gasteiger partial charge is 0.415 e. The first-order chi connectivity index (χ1) is 10.8. The molecular weight excluding hydrogens is 274 g/mol. The molecule has 1 N–H and O–H groups in total. The maximum atomic E-state index is 12.2. The Morgan fingerprint density at radius 3 is 2.05 bits per heavy atom. The molecule has 2 aromatic rings. The third-order valence-electron chi connectivity index (χ3n) is 3.75. The van der Waals surface area contributed by atoms with Gasteiger partial charge in [-0.1, -0.05) is 60.7 Å². The normalized spacial score (nSPS) is 13.8. The van der Waals surface area contributed by atoms with Crippen molar-refractivity contribution in [2.75, 3.05) is 0 Å². The van der Waals surface area contributed by atoms with E-state index in [1.54, 1.807) is 0 Å². The first-order valence-electron chi connectivity index (χ1n) is 7.60. The number of carbonyl (C=O) groups is 1. The van der Waals surface area contributed by atoms with Crippen LogP contribution in [0.15, 0.2) is 72.5 Å². The van der Waals surface area contributed by atoms with Crippen LogP contribution in [-0.4, -0.2) is 6.09 Å². The molecule has 3 nitrogen and oxygen atoms in total. The third kappa shape index (κ3) is 3.55. The van der Waals surface area contributed by atoms with E-state index in [0.29, 0.717) is 0 Å². The van der Waals surface area contributed by atoms with Gasteiger partial charge in [-0.25, -0.2) is 4.79 Å². The maximum Gasteiger partial charge on any atom is 0.413 e. The van der Waals surface area contributed by atoms with Gasteiger partial charge in [0.05, 0.1) is 6.04 Å². The third-order valence-corrected chi connectivity index (χ3v) is 3.75. The zero-order valence-corrected chi connectivity index (χ0v) is 12.4. The standard InChI is InChI=1S/C19H19NO2/c21-19(22-17-13-7-8-14-17)20-18(15-9-3-1-4-10-15)16-11-5-2-6-12-16/h1-6,9-13,18H,7-8,14H2,(H,20,21). The van der Waals surface area contributed by atoms with Crippen molar-refractivity contribution >= 4 is 6.09 Å². The Morgan fingerprint density at radius 1 is 0.955 bits per heavy atom. The number of carbonyl (C=O) groups excluding carboxylic acids is 1. The quantitative estimate of drug-likeness (QED) is 0.896. The minimum Gasteiger partial charge on any atom is -0.415 e. The molecule has 0 atom stereocenters. The van der Waals surface area contributed by atoms with Gasteiger partial charge >= 0.3 is 6.09 Å². The molecule has 1 aliphatic rings. The minimum absolute atomic E-state index is 0.211. The summed E-state index contributed by atoms with van der Waals surface area (Å²) in [6.45, 7) is 0. The summed E-state index contributed by atoms with van der Waals surface area (Å²) in [5.74, 6) is 0.775. The Kier molecular flexibility index (Phi) is 4.54. The average Bonchev–Trinajstić information content (AvgIpc) is 3.07. The number of ether oxygens (including phenoxy) is 1. The molecule has 0 fully saturated rings. The lowest BCUT2D eigenvalue weighted by molar-refractivity contribution is 0.171. The van der Waals surface area contributed by atoms with Crippen LogP contribution < -0.4 is 5.32 Å². The number of benzene rings is 2. The minimum atomic E-state index is -0.397. The molecular formula is C19H19NO2. The topological polar surface area (TPSA) is 38.3 Å². The van der Waals surface area contributed by atoms with Crippen LogP contribution in [0.25, 0.3) is 0 Å². The summed E-state index contributed by atoms with van der Waals surface area (Å²) in [5.41, 5.74) is 2.07. The first-order valence-corrected chi connectivity index (χ1v) is 7.60. The van der Waals surface area contributed by atoms with Gasteiger partial charge in [-0.05, 0) is 30.0 Å². The van der Waals surface area contributed by atoms with Crippen molar-refractivity contribution < 1.29 is 9.53 Å². The predicted molar refractivity (Wildman–Crippen MR) is 86.3 cm³/mol. The lowest BCUT2D eigenvalue weighted by atomic mass is 9.99. The van der Waals surface area contributed by atoms with Crippen LogP contribution in [0.3, 0.4) is 0 Å². The first kappa shape index (κ1) is 14.4. The van der Waals surface area contributed by atoms with E-state index in [4.69, 9.17) is 4.74 Å². The molecule has 0 saturated carbocycles. The van der Waals surface area contributed by atoms with Crippen LogP contribution in [0, 0.1) is 0 Å². The molecule has 0 spiro atoms. The lowest BCUT2D eigenvalue weighted by Gasteiger charge is -2.19. The summed E-state index contributed by atoms with van der Waals surface area (Å²) < 4.78 is 5.40. The summed E-state index contributed by atoms with van der Waals surface area (Å²) in [6.07, 6.45) is 4.48. The highest BCUT2D eigenvalue weighted by molar-refractivity contribution is 5.70. The number of nitrogens with one attached hydrogen (secondary N) is 1. The number of alkyl carbamates (subject to hydrolysis) is 1. The number of allylic oxidation sites excluding steroid dienone is 2. The van der Waals surface area contributed by atoms with Gasteiger partial charge in [-0.15, -0.1) is 0 Å². The van der Waals surface area contributed by atoms with Crippen LogP contribution in [0.4, 0.5) is 4.79 Å². The SMILES string of the molecule is O=C(NC(c1ccccc1)c1ccccc1)OC1=CCCC1. The monoisotopic (exact) mass is 293 g/mol. The van der Waals surface area contributed by atoms with E-state index in [9.17, 15) is 4.79 Å². The Labute approximate surface area is 130 Å². The number of hydrogen-bond acceptors (Lipinski definition) is 2. The zero-order valence-electron chi connectivity index (χ0n) is 12.4. The van der Waals surface area contributed by atoms with Crippen molar-refractivity contribution in [2.24, 2.45) is 0 Å². The van der Waals surface area contributed by atoms with Gasteiger partial charge in [0.25, 0.3) is 0 Å². The van der Waals surface area contributed by atoms with Crippen LogP contribution >= 0.6 is 0 Å². The van der Waals surface area contributed by atoms with Crippen LogP contribution in [0.2, 0.25) is 0 Å². The summed E-state index contributed by atoms with van der Waals surface area (Å²) in [4.78, 5) is 12.2. The number of rotatable bonds is 4. The summed E-state index contributed by atoms with van der Waals surface area (Å²) >= 11 is 0. The smallest absolute Gasteiger partial charge is 0.413 e. The molecule has 1 amide bonds. The van der Waals surface area contributed by atoms with Crippen molar-refractivity contribution in [2.45, 2.75) is 25.3 Å². The second-order valence-electron chi connectivity index (χ2n) is 5.35. The Bertz CT molecular complexity index is 610. The number of hydrogen-bond donors (Lipinski definition) is 1. The van der Waals surface area contributed by atoms with Gasteiger partial charge in [0.2, 0.25) is 0 Å². The second kappa shape index (κ2) is 6.94. The molecule has 0 heterocycles. The van der Waals surface area contributed by atoms with Crippen molar-refractivity contribution in [3.05, 3.63) is 83.6 Å². The van der Waals surface area contributed by atoms with Gasteiger partial charge in [-0.2, -0.15) is 0 Å². The van der Waals surface area contributed by atoms with Crippen LogP contribution in [0.5, 0.6) is 0 Å². The highest BCUT2D eigenvalue weighted by Gasteiger charge is 2.19. The average molecular weight is 293 g/mol. The molecule has 3 heteroatoms. The lowest BCUT2D eigenvalue weighted by Crippen LogP contribution is -2.29. The predicted octanol–water partition coefficient (Wildman–Crippen LogP) is 4.57. The van der Waals surface area contributed by atoms with Crippen LogP contribution in [0.1, 0.15) is 36.4 Å². The second-order valence-corrected chi connectivity index (χ2v) is 5.35. The molecule has 112 valence electrons. The Hall–Kier alpha value is -2.55. The molecule has 0 aromatic heterocycles. The van der Waals surface area contributed by atoms with Crippen molar-refractivity contribution in [1.82, 2.24) is 5.32 Å². The fraction of sp³-hybridized carbons (Fsp3) is 0.211. The van der Waals surface area contributed by atoms with Crippen molar-refractivity contribution in [1.29, 1.82) is 0 Å². The fourth-order valence-electron chi connectivity index (χ4n) is 2.65. The van der Waals surface area contributed by atoms with E-state index >= 15 is 0 Å². The van der Waals surface area contributed by atoms with Crippen molar-refractivity contribution in [3.63, 3.8) is 0 Å². The van der Waals surface area contributed by atoms with E-state index in [1.807, 2.05) is 66.7 Å². The summed E-state index contributed by atoms with van der Waals surface area (Å²) in [7, 11) is 0. The zero-order chi connectivity index (χ0) is 15.2. The molecule has 2 aromatic carbocycles. The summed E-state index contributed by atoms with van der Waals surface area (Å²) in [6, 6.07) is 19.6.